The average molecular weight is 560 g/mol. The van der Waals surface area contributed by atoms with Gasteiger partial charge in [0.15, 0.2) is 5.12 Å². The number of carbonyl (C=O) groups excluding carboxylic acids is 2. The largest absolute Gasteiger partial charge is 0.379 e. The summed E-state index contributed by atoms with van der Waals surface area (Å²) in [6.07, 6.45) is -0.366. The Kier molecular flexibility index (Phi) is 12.5. The average Bonchev–Trinajstić information content (AvgIpc) is 2.88. The molecule has 15 heteroatoms. The summed E-state index contributed by atoms with van der Waals surface area (Å²) in [6, 6.07) is -0.0350. The van der Waals surface area contributed by atoms with Crippen LogP contribution < -0.4 is 0 Å². The first-order chi connectivity index (χ1) is 17.6. The number of carbonyl (C=O) groups is 2. The number of rotatable bonds is 11. The SMILES string of the molecule is BC1CN(CC)CC(COP(=O)(N2CCN(C(=O)CSC(C)=O)CC2)N2CC(B)OC(COCC)C2)O1. The van der Waals surface area contributed by atoms with Gasteiger partial charge in [0, 0.05) is 77.9 Å². The molecule has 5 atom stereocenters. The fraction of sp³-hybridized carbons (Fsp3) is 0.909. The highest BCUT2D eigenvalue weighted by Gasteiger charge is 2.45. The van der Waals surface area contributed by atoms with Crippen molar-refractivity contribution in [2.45, 2.75) is 45.0 Å². The fourth-order valence-electron chi connectivity index (χ4n) is 5.03. The second-order valence-corrected chi connectivity index (χ2v) is 13.4. The summed E-state index contributed by atoms with van der Waals surface area (Å²) in [5.74, 6) is 0.0611. The van der Waals surface area contributed by atoms with E-state index in [1.807, 2.05) is 24.1 Å². The molecule has 0 spiro atoms. The van der Waals surface area contributed by atoms with Crippen LogP contribution >= 0.6 is 19.4 Å². The highest BCUT2D eigenvalue weighted by molar-refractivity contribution is 8.14. The monoisotopic (exact) mass is 560 g/mol. The Morgan fingerprint density at radius 3 is 2.22 bits per heavy atom. The number of ether oxygens (including phenoxy) is 3. The van der Waals surface area contributed by atoms with Crippen molar-refractivity contribution in [2.75, 3.05) is 84.5 Å². The van der Waals surface area contributed by atoms with Gasteiger partial charge in [-0.1, -0.05) is 18.7 Å². The molecule has 0 aromatic rings. The van der Waals surface area contributed by atoms with Crippen LogP contribution in [-0.4, -0.2) is 155 Å². The summed E-state index contributed by atoms with van der Waals surface area (Å²) >= 11 is 1.02. The second kappa shape index (κ2) is 14.8. The van der Waals surface area contributed by atoms with Crippen LogP contribution in [0.25, 0.3) is 0 Å². The lowest BCUT2D eigenvalue weighted by Crippen LogP contribution is -2.54. The zero-order valence-electron chi connectivity index (χ0n) is 23.0. The molecule has 0 aromatic carbocycles. The van der Waals surface area contributed by atoms with Crippen LogP contribution in [0.3, 0.4) is 0 Å². The third kappa shape index (κ3) is 9.05. The van der Waals surface area contributed by atoms with Crippen molar-refractivity contribution in [3.8, 4) is 0 Å². The minimum atomic E-state index is -3.44. The van der Waals surface area contributed by atoms with Gasteiger partial charge in [-0.3, -0.25) is 19.1 Å². The Labute approximate surface area is 227 Å². The van der Waals surface area contributed by atoms with Crippen LogP contribution in [0.1, 0.15) is 20.8 Å². The number of hydrogen-bond donors (Lipinski definition) is 0. The maximum atomic E-state index is 14.8. The summed E-state index contributed by atoms with van der Waals surface area (Å²) in [6.45, 7) is 12.0. The van der Waals surface area contributed by atoms with Crippen LogP contribution in [0.15, 0.2) is 0 Å². The van der Waals surface area contributed by atoms with Crippen LogP contribution in [0.2, 0.25) is 0 Å². The van der Waals surface area contributed by atoms with Gasteiger partial charge >= 0.3 is 7.67 Å². The first-order valence-corrected chi connectivity index (χ1v) is 15.9. The van der Waals surface area contributed by atoms with Crippen molar-refractivity contribution in [2.24, 2.45) is 0 Å². The van der Waals surface area contributed by atoms with E-state index in [-0.39, 0.29) is 47.6 Å². The maximum Gasteiger partial charge on any atom is 0.346 e. The van der Waals surface area contributed by atoms with E-state index in [0.29, 0.717) is 52.5 Å². The molecular weight excluding hydrogens is 517 g/mol. The predicted octanol–water partition coefficient (Wildman–Crippen LogP) is -1.09. The van der Waals surface area contributed by atoms with Crippen LogP contribution in [-0.2, 0) is 32.9 Å². The molecule has 3 saturated heterocycles. The molecule has 0 aromatic heterocycles. The molecule has 3 fully saturated rings. The lowest BCUT2D eigenvalue weighted by atomic mass is 9.97. The molecule has 5 unspecified atom stereocenters. The lowest BCUT2D eigenvalue weighted by molar-refractivity contribution is -0.129. The molecule has 0 aliphatic carbocycles. The van der Waals surface area contributed by atoms with Crippen LogP contribution in [0, 0.1) is 0 Å². The van der Waals surface area contributed by atoms with Crippen molar-refractivity contribution >= 4 is 46.1 Å². The van der Waals surface area contributed by atoms with Crippen LogP contribution in [0.4, 0.5) is 0 Å². The molecule has 0 saturated carbocycles. The Morgan fingerprint density at radius 2 is 1.59 bits per heavy atom. The first-order valence-electron chi connectivity index (χ1n) is 13.4. The Bertz CT molecular complexity index is 811. The highest BCUT2D eigenvalue weighted by Crippen LogP contribution is 2.55. The van der Waals surface area contributed by atoms with Crippen molar-refractivity contribution in [1.82, 2.24) is 19.1 Å². The normalized spacial score (nSPS) is 30.2. The summed E-state index contributed by atoms with van der Waals surface area (Å²) in [5.41, 5.74) is 0. The van der Waals surface area contributed by atoms with E-state index in [2.05, 4.69) is 19.7 Å². The van der Waals surface area contributed by atoms with Crippen molar-refractivity contribution in [1.29, 1.82) is 0 Å². The smallest absolute Gasteiger partial charge is 0.346 e. The maximum absolute atomic E-state index is 14.8. The van der Waals surface area contributed by atoms with E-state index >= 15 is 0 Å². The highest BCUT2D eigenvalue weighted by atomic mass is 32.2. The van der Waals surface area contributed by atoms with Gasteiger partial charge in [-0.15, -0.1) is 0 Å². The molecule has 0 radical (unpaired) electrons. The molecule has 1 amide bonds. The molecular formula is C22H43B2N4O7PS. The standard InChI is InChI=1S/C22H43B2N4O7PS/c1-4-25-10-18(34-20(23)12-25)15-33-36(31,28-11-19(14-32-5-2)35-21(24)13-28)27-8-6-26(7-9-27)22(30)16-37-17(3)29/h18-21H,4-16,23-24H2,1-3H3. The van der Waals surface area contributed by atoms with Gasteiger partial charge in [-0.05, 0) is 13.5 Å². The molecule has 3 heterocycles. The predicted molar refractivity (Wildman–Crippen MR) is 149 cm³/mol. The fourth-order valence-corrected chi connectivity index (χ4v) is 8.10. The molecule has 210 valence electrons. The van der Waals surface area contributed by atoms with Gasteiger partial charge in [0.05, 0.1) is 31.2 Å². The number of hydrogen-bond acceptors (Lipinski definition) is 9. The van der Waals surface area contributed by atoms with Crippen molar-refractivity contribution < 1.29 is 32.9 Å². The quantitative estimate of drug-likeness (QED) is 0.228. The van der Waals surface area contributed by atoms with E-state index in [9.17, 15) is 14.2 Å². The minimum Gasteiger partial charge on any atom is -0.379 e. The Morgan fingerprint density at radius 1 is 0.946 bits per heavy atom. The van der Waals surface area contributed by atoms with Gasteiger partial charge in [0.1, 0.15) is 15.7 Å². The Hall–Kier alpha value is -0.430. The van der Waals surface area contributed by atoms with E-state index < -0.39 is 7.67 Å². The molecule has 11 nitrogen and oxygen atoms in total. The van der Waals surface area contributed by atoms with Gasteiger partial charge in [-0.25, -0.2) is 9.34 Å². The third-order valence-electron chi connectivity index (χ3n) is 6.82. The van der Waals surface area contributed by atoms with E-state index in [1.54, 1.807) is 4.90 Å². The number of amides is 1. The topological polar surface area (TPSA) is 101 Å². The second-order valence-electron chi connectivity index (χ2n) is 9.92. The minimum absolute atomic E-state index is 0.0726. The molecule has 3 aliphatic rings. The number of thioether (sulfide) groups is 1. The van der Waals surface area contributed by atoms with E-state index in [1.165, 1.54) is 6.92 Å². The molecule has 0 N–H and O–H groups in total. The number of likely N-dealkylation sites (N-methyl/N-ethyl adjacent to an activating group) is 1. The van der Waals surface area contributed by atoms with Crippen molar-refractivity contribution in [3.05, 3.63) is 0 Å². The summed E-state index contributed by atoms with van der Waals surface area (Å²) in [5, 5.41) is -0.0752. The van der Waals surface area contributed by atoms with E-state index in [4.69, 9.17) is 18.7 Å². The third-order valence-corrected chi connectivity index (χ3v) is 10.3. The van der Waals surface area contributed by atoms with Gasteiger partial charge in [0.25, 0.3) is 0 Å². The zero-order valence-corrected chi connectivity index (χ0v) is 24.7. The summed E-state index contributed by atoms with van der Waals surface area (Å²) in [7, 11) is 0.584. The Balaban J connectivity index is 1.71. The van der Waals surface area contributed by atoms with E-state index in [0.717, 1.165) is 31.4 Å². The zero-order chi connectivity index (χ0) is 27.0. The first kappa shape index (κ1) is 31.1. The number of piperazine rings is 1. The molecule has 0 bridgehead atoms. The lowest BCUT2D eigenvalue weighted by Gasteiger charge is -2.46. The summed E-state index contributed by atoms with van der Waals surface area (Å²) in [4.78, 5) is 27.9. The van der Waals surface area contributed by atoms with Crippen molar-refractivity contribution in [3.63, 3.8) is 0 Å². The molecule has 37 heavy (non-hydrogen) atoms. The molecule has 3 rings (SSSR count). The van der Waals surface area contributed by atoms with Crippen LogP contribution in [0.5, 0.6) is 0 Å². The van der Waals surface area contributed by atoms with Gasteiger partial charge < -0.3 is 23.6 Å². The summed E-state index contributed by atoms with van der Waals surface area (Å²) < 4.78 is 42.8. The molecule has 3 aliphatic heterocycles. The van der Waals surface area contributed by atoms with Gasteiger partial charge in [0.2, 0.25) is 5.91 Å². The van der Waals surface area contributed by atoms with Gasteiger partial charge in [-0.2, -0.15) is 0 Å². The number of morpholine rings is 2. The number of nitrogens with zero attached hydrogens (tertiary/aromatic N) is 4.